The molecule has 0 bridgehead atoms. The van der Waals surface area contributed by atoms with Gasteiger partial charge in [-0.25, -0.2) is 4.98 Å². The lowest BCUT2D eigenvalue weighted by Crippen LogP contribution is -2.46. The highest BCUT2D eigenvalue weighted by Gasteiger charge is 2.22. The van der Waals surface area contributed by atoms with Gasteiger partial charge in [0.05, 0.1) is 0 Å². The number of rotatable bonds is 4. The van der Waals surface area contributed by atoms with Gasteiger partial charge in [-0.05, 0) is 60.2 Å². The summed E-state index contributed by atoms with van der Waals surface area (Å²) in [4.78, 5) is 19.7. The van der Waals surface area contributed by atoms with E-state index >= 15 is 0 Å². The Balaban J connectivity index is 1.30. The molecule has 1 aliphatic heterocycles. The summed E-state index contributed by atoms with van der Waals surface area (Å²) in [6.45, 7) is 2.58. The fourth-order valence-corrected chi connectivity index (χ4v) is 4.45. The second-order valence-corrected chi connectivity index (χ2v) is 8.06. The highest BCUT2D eigenvalue weighted by Crippen LogP contribution is 2.26. The molecule has 152 valence electrons. The largest absolute Gasteiger partial charge is 0.353 e. The fraction of sp³-hybridized carbons (Fsp3) is 0.280. The molecule has 1 fully saturated rings. The number of fused-ring (bicyclic) bond motifs is 1. The number of hydrogen-bond acceptors (Lipinski definition) is 4. The van der Waals surface area contributed by atoms with Crippen molar-refractivity contribution in [3.63, 3.8) is 0 Å². The normalized spacial score (nSPS) is 18.1. The van der Waals surface area contributed by atoms with Crippen LogP contribution < -0.4 is 15.5 Å². The molecule has 1 amide bonds. The van der Waals surface area contributed by atoms with E-state index in [1.807, 2.05) is 18.2 Å². The van der Waals surface area contributed by atoms with E-state index in [4.69, 9.17) is 0 Å². The van der Waals surface area contributed by atoms with Gasteiger partial charge in [0.15, 0.2) is 0 Å². The zero-order chi connectivity index (χ0) is 20.3. The van der Waals surface area contributed by atoms with Gasteiger partial charge in [-0.1, -0.05) is 36.4 Å². The molecule has 3 aromatic rings. The molecular formula is C25H26N4O. The number of piperazine rings is 1. The van der Waals surface area contributed by atoms with Crippen molar-refractivity contribution in [2.24, 2.45) is 0 Å². The van der Waals surface area contributed by atoms with E-state index in [0.29, 0.717) is 5.56 Å². The van der Waals surface area contributed by atoms with Crippen molar-refractivity contribution >= 4 is 17.4 Å². The van der Waals surface area contributed by atoms with Crippen LogP contribution in [-0.2, 0) is 12.8 Å². The predicted octanol–water partition coefficient (Wildman–Crippen LogP) is 3.97. The first-order valence-corrected chi connectivity index (χ1v) is 10.7. The minimum Gasteiger partial charge on any atom is -0.353 e. The maximum absolute atomic E-state index is 12.9. The first-order valence-electron chi connectivity index (χ1n) is 10.7. The van der Waals surface area contributed by atoms with Gasteiger partial charge in [0.2, 0.25) is 0 Å². The maximum Gasteiger partial charge on any atom is 0.255 e. The Bertz CT molecular complexity index is 1050. The molecule has 1 aliphatic carbocycles. The number of nitrogens with zero attached hydrogens (tertiary/aromatic N) is 2. The number of anilines is 2. The summed E-state index contributed by atoms with van der Waals surface area (Å²) in [5.74, 6) is 0.755. The Hall–Kier alpha value is -3.18. The van der Waals surface area contributed by atoms with Crippen molar-refractivity contribution in [3.8, 4) is 0 Å². The Morgan fingerprint density at radius 2 is 1.90 bits per heavy atom. The van der Waals surface area contributed by atoms with Gasteiger partial charge in [0.1, 0.15) is 5.82 Å². The quantitative estimate of drug-likeness (QED) is 0.698. The zero-order valence-corrected chi connectivity index (χ0v) is 17.0. The monoisotopic (exact) mass is 398 g/mol. The van der Waals surface area contributed by atoms with E-state index in [9.17, 15) is 4.79 Å². The molecule has 2 N–H and O–H groups in total. The van der Waals surface area contributed by atoms with Crippen molar-refractivity contribution in [2.45, 2.75) is 25.3 Å². The summed E-state index contributed by atoms with van der Waals surface area (Å²) in [5.41, 5.74) is 5.54. The summed E-state index contributed by atoms with van der Waals surface area (Å²) in [7, 11) is 0. The van der Waals surface area contributed by atoms with Crippen LogP contribution in [-0.4, -0.2) is 30.5 Å². The van der Waals surface area contributed by atoms with E-state index < -0.39 is 0 Å². The van der Waals surface area contributed by atoms with Crippen LogP contribution in [0.1, 0.15) is 39.5 Å². The maximum atomic E-state index is 12.9. The van der Waals surface area contributed by atoms with Gasteiger partial charge >= 0.3 is 0 Å². The lowest BCUT2D eigenvalue weighted by Gasteiger charge is -2.34. The lowest BCUT2D eigenvalue weighted by molar-refractivity contribution is 0.102. The summed E-state index contributed by atoms with van der Waals surface area (Å²) < 4.78 is 0. The zero-order valence-electron chi connectivity index (χ0n) is 17.0. The molecule has 2 aliphatic rings. The molecule has 30 heavy (non-hydrogen) atoms. The van der Waals surface area contributed by atoms with Gasteiger partial charge in [-0.3, -0.25) is 4.79 Å². The van der Waals surface area contributed by atoms with Crippen LogP contribution in [0.2, 0.25) is 0 Å². The number of pyridine rings is 1. The highest BCUT2D eigenvalue weighted by molar-refractivity contribution is 6.04. The van der Waals surface area contributed by atoms with Gasteiger partial charge in [-0.2, -0.15) is 0 Å². The topological polar surface area (TPSA) is 57.3 Å². The minimum atomic E-state index is -0.0914. The van der Waals surface area contributed by atoms with Crippen LogP contribution in [0.25, 0.3) is 0 Å². The number of carbonyl (C=O) groups excluding carboxylic acids is 1. The number of amides is 1. The highest BCUT2D eigenvalue weighted by atomic mass is 16.1. The summed E-state index contributed by atoms with van der Waals surface area (Å²) >= 11 is 0. The van der Waals surface area contributed by atoms with Crippen molar-refractivity contribution in [1.82, 2.24) is 10.3 Å². The van der Waals surface area contributed by atoms with Crippen molar-refractivity contribution in [2.75, 3.05) is 29.9 Å². The van der Waals surface area contributed by atoms with Crippen LogP contribution >= 0.6 is 0 Å². The standard InChI is InChI=1S/C25H26N4O/c30-25(28-22-10-9-18-7-4-8-20(18)15-22)21-11-12-27-24(16-21)29-14-13-26-23(17-29)19-5-2-1-3-6-19/h1-3,5-6,9-12,15-16,23,26H,4,7-8,13-14,17H2,(H,28,30)/t23-/m1/s1. The Morgan fingerprint density at radius 1 is 1.03 bits per heavy atom. The van der Waals surface area contributed by atoms with Gasteiger partial charge in [-0.15, -0.1) is 0 Å². The van der Waals surface area contributed by atoms with Crippen LogP contribution in [0, 0.1) is 0 Å². The van der Waals surface area contributed by atoms with Crippen LogP contribution in [0.3, 0.4) is 0 Å². The second-order valence-electron chi connectivity index (χ2n) is 8.06. The molecule has 1 saturated heterocycles. The first kappa shape index (κ1) is 18.8. The summed E-state index contributed by atoms with van der Waals surface area (Å²) in [6, 6.07) is 20.7. The average Bonchev–Trinajstić information content (AvgIpc) is 3.28. The second kappa shape index (κ2) is 8.28. The Morgan fingerprint density at radius 3 is 2.80 bits per heavy atom. The third-order valence-electron chi connectivity index (χ3n) is 6.07. The van der Waals surface area contributed by atoms with E-state index in [2.05, 4.69) is 56.9 Å². The van der Waals surface area contributed by atoms with Crippen molar-refractivity contribution in [1.29, 1.82) is 0 Å². The van der Waals surface area contributed by atoms with Crippen LogP contribution in [0.5, 0.6) is 0 Å². The van der Waals surface area contributed by atoms with E-state index in [0.717, 1.165) is 44.0 Å². The molecule has 0 saturated carbocycles. The molecule has 5 rings (SSSR count). The van der Waals surface area contributed by atoms with E-state index in [-0.39, 0.29) is 11.9 Å². The molecule has 5 nitrogen and oxygen atoms in total. The van der Waals surface area contributed by atoms with Crippen LogP contribution in [0.15, 0.2) is 66.9 Å². The molecule has 1 atom stereocenters. The number of nitrogens with one attached hydrogen (secondary N) is 2. The predicted molar refractivity (Wildman–Crippen MR) is 120 cm³/mol. The number of hydrogen-bond donors (Lipinski definition) is 2. The number of carbonyl (C=O) groups is 1. The molecule has 0 radical (unpaired) electrons. The first-order chi connectivity index (χ1) is 14.8. The average molecular weight is 399 g/mol. The fourth-order valence-electron chi connectivity index (χ4n) is 4.45. The van der Waals surface area contributed by atoms with E-state index in [1.54, 1.807) is 12.3 Å². The van der Waals surface area contributed by atoms with Crippen molar-refractivity contribution in [3.05, 3.63) is 89.1 Å². The Kier molecular flexibility index (Phi) is 5.20. The van der Waals surface area contributed by atoms with Crippen molar-refractivity contribution < 1.29 is 4.79 Å². The third-order valence-corrected chi connectivity index (χ3v) is 6.07. The van der Waals surface area contributed by atoms with E-state index in [1.165, 1.54) is 23.1 Å². The molecule has 2 heterocycles. The van der Waals surface area contributed by atoms with Crippen LogP contribution in [0.4, 0.5) is 11.5 Å². The Labute approximate surface area is 177 Å². The van der Waals surface area contributed by atoms with Gasteiger partial charge < -0.3 is 15.5 Å². The molecule has 2 aromatic carbocycles. The number of aromatic nitrogens is 1. The minimum absolute atomic E-state index is 0.0914. The third kappa shape index (κ3) is 3.94. The molecule has 5 heteroatoms. The molecule has 0 unspecified atom stereocenters. The summed E-state index contributed by atoms with van der Waals surface area (Å²) in [5, 5.41) is 6.63. The number of benzene rings is 2. The van der Waals surface area contributed by atoms with Gasteiger partial charge in [0.25, 0.3) is 5.91 Å². The smallest absolute Gasteiger partial charge is 0.255 e. The molecular weight excluding hydrogens is 372 g/mol. The molecule has 0 spiro atoms. The molecule has 1 aromatic heterocycles. The van der Waals surface area contributed by atoms with Gasteiger partial charge in [0, 0.05) is 43.1 Å². The summed E-state index contributed by atoms with van der Waals surface area (Å²) in [6.07, 6.45) is 5.18. The lowest BCUT2D eigenvalue weighted by atomic mass is 10.0. The number of aryl methyl sites for hydroxylation is 2. The SMILES string of the molecule is O=C(Nc1ccc2c(c1)CCC2)c1ccnc(N2CCN[C@@H](c3ccccc3)C2)c1.